The van der Waals surface area contributed by atoms with E-state index in [9.17, 15) is 19.8 Å². The zero-order valence-corrected chi connectivity index (χ0v) is 13.2. The molecule has 2 saturated heterocycles. The third-order valence-corrected chi connectivity index (χ3v) is 4.82. The van der Waals surface area contributed by atoms with Crippen molar-refractivity contribution in [3.63, 3.8) is 0 Å². The Morgan fingerprint density at radius 2 is 1.87 bits per heavy atom. The second-order valence-corrected chi connectivity index (χ2v) is 6.41. The highest BCUT2D eigenvalue weighted by Gasteiger charge is 2.43. The zero-order chi connectivity index (χ0) is 16.6. The Morgan fingerprint density at radius 3 is 2.48 bits per heavy atom. The number of benzene rings is 1. The minimum Gasteiger partial charge on any atom is -0.368 e. The van der Waals surface area contributed by atoms with Crippen molar-refractivity contribution in [2.75, 3.05) is 18.0 Å². The fourth-order valence-electron chi connectivity index (χ4n) is 3.47. The Bertz CT molecular complexity index is 608. The summed E-state index contributed by atoms with van der Waals surface area (Å²) in [5, 5.41) is 18.5. The van der Waals surface area contributed by atoms with Gasteiger partial charge >= 0.3 is 0 Å². The maximum absolute atomic E-state index is 12.7. The highest BCUT2D eigenvalue weighted by Crippen LogP contribution is 2.29. The summed E-state index contributed by atoms with van der Waals surface area (Å²) in [5.41, 5.74) is 1.63. The van der Waals surface area contributed by atoms with Gasteiger partial charge in [0.05, 0.1) is 18.2 Å². The van der Waals surface area contributed by atoms with Crippen LogP contribution in [0.1, 0.15) is 24.8 Å². The normalized spacial score (nSPS) is 24.0. The number of hydrogen-bond acceptors (Lipinski definition) is 5. The first-order valence-electron chi connectivity index (χ1n) is 8.01. The lowest BCUT2D eigenvalue weighted by Crippen LogP contribution is -2.47. The number of aryl methyl sites for hydroxylation is 1. The number of piperidine rings is 1. The van der Waals surface area contributed by atoms with E-state index in [1.165, 1.54) is 4.90 Å². The molecule has 0 radical (unpaired) electrons. The van der Waals surface area contributed by atoms with E-state index in [1.54, 1.807) is 6.07 Å². The van der Waals surface area contributed by atoms with Gasteiger partial charge in [-0.05, 0) is 50.6 Å². The predicted molar refractivity (Wildman–Crippen MR) is 84.6 cm³/mol. The van der Waals surface area contributed by atoms with E-state index >= 15 is 0 Å². The summed E-state index contributed by atoms with van der Waals surface area (Å²) >= 11 is 0. The lowest BCUT2D eigenvalue weighted by molar-refractivity contribution is -0.124. The molecule has 1 aromatic carbocycles. The fourth-order valence-corrected chi connectivity index (χ4v) is 3.47. The largest absolute Gasteiger partial charge is 0.368 e. The van der Waals surface area contributed by atoms with Crippen molar-refractivity contribution in [2.24, 2.45) is 5.92 Å². The van der Waals surface area contributed by atoms with Crippen molar-refractivity contribution >= 4 is 17.5 Å². The van der Waals surface area contributed by atoms with Crippen LogP contribution in [0.2, 0.25) is 0 Å². The quantitative estimate of drug-likeness (QED) is 0.632. The van der Waals surface area contributed by atoms with Gasteiger partial charge in [-0.15, -0.1) is 0 Å². The molecule has 0 spiro atoms. The number of aliphatic hydroxyl groups excluding tert-OH is 1. The number of likely N-dealkylation sites (tertiary alicyclic amines) is 1. The molecule has 2 N–H and O–H groups in total. The van der Waals surface area contributed by atoms with Crippen molar-refractivity contribution < 1.29 is 19.8 Å². The van der Waals surface area contributed by atoms with Crippen LogP contribution in [0.5, 0.6) is 0 Å². The molecule has 0 saturated carbocycles. The molecule has 0 aromatic heterocycles. The van der Waals surface area contributed by atoms with Gasteiger partial charge < -0.3 is 10.2 Å². The van der Waals surface area contributed by atoms with Gasteiger partial charge in [-0.2, -0.15) is 0 Å². The molecule has 6 nitrogen and oxygen atoms in total. The van der Waals surface area contributed by atoms with Crippen molar-refractivity contribution in [1.82, 2.24) is 4.90 Å². The molecule has 2 amide bonds. The van der Waals surface area contributed by atoms with E-state index in [0.717, 1.165) is 5.56 Å². The molecule has 1 aromatic rings. The Morgan fingerprint density at radius 1 is 1.17 bits per heavy atom. The standard InChI is InChI=1S/C17H22N2O4/c1-11-3-2-4-13(9-11)19-15(20)10-14(16(19)21)18-7-5-12(6-8-18)17(22)23/h2-4,9,12,14,17,22-23H,5-8,10H2,1H3/t14-/m0/s1. The molecule has 2 aliphatic heterocycles. The van der Waals surface area contributed by atoms with Gasteiger partial charge in [-0.3, -0.25) is 14.5 Å². The SMILES string of the molecule is Cc1cccc(N2C(=O)C[C@H](N3CCC(C(O)O)CC3)C2=O)c1. The molecule has 1 atom stereocenters. The van der Waals surface area contributed by atoms with E-state index in [0.29, 0.717) is 31.6 Å². The Hall–Kier alpha value is -1.76. The summed E-state index contributed by atoms with van der Waals surface area (Å²) in [6.45, 7) is 3.14. The summed E-state index contributed by atoms with van der Waals surface area (Å²) in [6.07, 6.45) is 0.140. The smallest absolute Gasteiger partial charge is 0.251 e. The third kappa shape index (κ3) is 3.15. The number of nitrogens with zero attached hydrogens (tertiary/aromatic N) is 2. The molecule has 3 rings (SSSR count). The molecule has 0 unspecified atom stereocenters. The van der Waals surface area contributed by atoms with Crippen LogP contribution in [-0.2, 0) is 9.59 Å². The van der Waals surface area contributed by atoms with Gasteiger partial charge in [0.25, 0.3) is 5.91 Å². The number of amides is 2. The number of hydrogen-bond donors (Lipinski definition) is 2. The summed E-state index contributed by atoms with van der Waals surface area (Å²) in [6, 6.07) is 6.95. The molecular formula is C17H22N2O4. The first-order valence-corrected chi connectivity index (χ1v) is 8.01. The third-order valence-electron chi connectivity index (χ3n) is 4.82. The van der Waals surface area contributed by atoms with Gasteiger partial charge in [0.2, 0.25) is 5.91 Å². The van der Waals surface area contributed by atoms with Crippen LogP contribution in [0.4, 0.5) is 5.69 Å². The molecule has 6 heteroatoms. The number of aliphatic hydroxyl groups is 2. The lowest BCUT2D eigenvalue weighted by Gasteiger charge is -2.35. The summed E-state index contributed by atoms with van der Waals surface area (Å²) in [4.78, 5) is 28.3. The molecule has 2 fully saturated rings. The molecule has 23 heavy (non-hydrogen) atoms. The van der Waals surface area contributed by atoms with E-state index in [-0.39, 0.29) is 24.2 Å². The van der Waals surface area contributed by atoms with Crippen LogP contribution < -0.4 is 4.90 Å². The average Bonchev–Trinajstić information content (AvgIpc) is 2.82. The number of imide groups is 1. The lowest BCUT2D eigenvalue weighted by atomic mass is 9.95. The second kappa shape index (κ2) is 6.39. The molecule has 0 aliphatic carbocycles. The van der Waals surface area contributed by atoms with E-state index in [4.69, 9.17) is 0 Å². The van der Waals surface area contributed by atoms with Crippen molar-refractivity contribution in [2.45, 2.75) is 38.5 Å². The monoisotopic (exact) mass is 318 g/mol. The van der Waals surface area contributed by atoms with Crippen LogP contribution in [0.3, 0.4) is 0 Å². The first kappa shape index (κ1) is 16.1. The number of anilines is 1. The van der Waals surface area contributed by atoms with E-state index < -0.39 is 12.3 Å². The molecule has 2 aliphatic rings. The van der Waals surface area contributed by atoms with Crippen LogP contribution in [0.15, 0.2) is 24.3 Å². The number of rotatable bonds is 3. The summed E-state index contributed by atoms with van der Waals surface area (Å²) in [5.74, 6) is -0.496. The highest BCUT2D eigenvalue weighted by molar-refractivity contribution is 6.22. The van der Waals surface area contributed by atoms with Crippen molar-refractivity contribution in [3.8, 4) is 0 Å². The maximum atomic E-state index is 12.7. The van der Waals surface area contributed by atoms with Crippen LogP contribution >= 0.6 is 0 Å². The molecule has 2 heterocycles. The Balaban J connectivity index is 1.72. The Labute approximate surface area is 135 Å². The molecule has 124 valence electrons. The fraction of sp³-hybridized carbons (Fsp3) is 0.529. The minimum atomic E-state index is -1.30. The zero-order valence-electron chi connectivity index (χ0n) is 13.2. The van der Waals surface area contributed by atoms with Crippen molar-refractivity contribution in [1.29, 1.82) is 0 Å². The highest BCUT2D eigenvalue weighted by atomic mass is 16.5. The number of carbonyl (C=O) groups excluding carboxylic acids is 2. The number of carbonyl (C=O) groups is 2. The average molecular weight is 318 g/mol. The van der Waals surface area contributed by atoms with Gasteiger partial charge in [-0.1, -0.05) is 12.1 Å². The minimum absolute atomic E-state index is 0.147. The second-order valence-electron chi connectivity index (χ2n) is 6.41. The van der Waals surface area contributed by atoms with Crippen LogP contribution in [0.25, 0.3) is 0 Å². The predicted octanol–water partition coefficient (Wildman–Crippen LogP) is 0.650. The topological polar surface area (TPSA) is 81.1 Å². The van der Waals surface area contributed by atoms with Crippen molar-refractivity contribution in [3.05, 3.63) is 29.8 Å². The maximum Gasteiger partial charge on any atom is 0.251 e. The van der Waals surface area contributed by atoms with Crippen LogP contribution in [-0.4, -0.2) is 52.3 Å². The van der Waals surface area contributed by atoms with E-state index in [1.807, 2.05) is 30.0 Å². The van der Waals surface area contributed by atoms with E-state index in [2.05, 4.69) is 0 Å². The molecule has 0 bridgehead atoms. The van der Waals surface area contributed by atoms with Gasteiger partial charge in [0.1, 0.15) is 0 Å². The first-order chi connectivity index (χ1) is 11.0. The van der Waals surface area contributed by atoms with Gasteiger partial charge in [0, 0.05) is 5.92 Å². The Kier molecular flexibility index (Phi) is 4.48. The van der Waals surface area contributed by atoms with Gasteiger partial charge in [0.15, 0.2) is 6.29 Å². The van der Waals surface area contributed by atoms with Crippen LogP contribution in [0, 0.1) is 12.8 Å². The summed E-state index contributed by atoms with van der Waals surface area (Å²) in [7, 11) is 0. The summed E-state index contributed by atoms with van der Waals surface area (Å²) < 4.78 is 0. The van der Waals surface area contributed by atoms with Gasteiger partial charge in [-0.25, -0.2) is 4.90 Å². The molecular weight excluding hydrogens is 296 g/mol.